The first-order chi connectivity index (χ1) is 6.32. The average molecular weight is 195 g/mol. The van der Waals surface area contributed by atoms with Crippen molar-refractivity contribution in [3.05, 3.63) is 33.6 Å². The number of hydrogen-bond donors (Lipinski definition) is 1. The number of nitrogens with zero attached hydrogens (tertiary/aromatic N) is 2. The lowest BCUT2D eigenvalue weighted by Gasteiger charge is -2.17. The number of hydrogen-bond acceptors (Lipinski definition) is 4. The summed E-state index contributed by atoms with van der Waals surface area (Å²) in [6, 6.07) is 3.04. The highest BCUT2D eigenvalue weighted by atomic mass is 16.6. The Hall–Kier alpha value is -1.49. The van der Waals surface area contributed by atoms with Crippen LogP contribution in [0.3, 0.4) is 0 Å². The summed E-state index contributed by atoms with van der Waals surface area (Å²) < 4.78 is 0. The molecule has 76 valence electrons. The first-order valence-corrected chi connectivity index (χ1v) is 4.24. The summed E-state index contributed by atoms with van der Waals surface area (Å²) >= 11 is 0. The molecule has 2 N–H and O–H groups in total. The first-order valence-electron chi connectivity index (χ1n) is 4.24. The molecule has 1 aromatic rings. The molecule has 0 aliphatic carbocycles. The Morgan fingerprint density at radius 1 is 1.50 bits per heavy atom. The molecule has 0 aliphatic heterocycles. The van der Waals surface area contributed by atoms with Crippen LogP contribution in [0.4, 0.5) is 5.69 Å². The van der Waals surface area contributed by atoms with E-state index in [4.69, 9.17) is 5.73 Å². The maximum Gasteiger partial charge on any atom is 0.292 e. The number of aromatic nitrogens is 1. The van der Waals surface area contributed by atoms with E-state index in [1.165, 1.54) is 6.07 Å². The first kappa shape index (κ1) is 10.6. The minimum atomic E-state index is -0.797. The summed E-state index contributed by atoms with van der Waals surface area (Å²) in [4.78, 5) is 14.3. The summed E-state index contributed by atoms with van der Waals surface area (Å²) in [5, 5.41) is 10.7. The maximum absolute atomic E-state index is 10.7. The summed E-state index contributed by atoms with van der Waals surface area (Å²) in [5.74, 6) is 0. The molecule has 0 amide bonds. The SMILES string of the molecule is Cc1ccc([N+](=O)[O-])c(C(C)(C)N)n1. The fourth-order valence-electron chi connectivity index (χ4n) is 1.17. The third kappa shape index (κ3) is 2.05. The van der Waals surface area contributed by atoms with Crippen LogP contribution in [-0.4, -0.2) is 9.91 Å². The minimum absolute atomic E-state index is 0.0249. The lowest BCUT2D eigenvalue weighted by molar-refractivity contribution is -0.386. The highest BCUT2D eigenvalue weighted by molar-refractivity contribution is 5.39. The van der Waals surface area contributed by atoms with Crippen molar-refractivity contribution in [2.24, 2.45) is 5.73 Å². The zero-order chi connectivity index (χ0) is 10.9. The summed E-state index contributed by atoms with van der Waals surface area (Å²) in [6.07, 6.45) is 0. The predicted molar refractivity (Wildman–Crippen MR) is 52.8 cm³/mol. The Labute approximate surface area is 82.1 Å². The molecule has 1 rings (SSSR count). The van der Waals surface area contributed by atoms with E-state index < -0.39 is 10.5 Å². The fourth-order valence-corrected chi connectivity index (χ4v) is 1.17. The number of nitrogens with two attached hydrogens (primary N) is 1. The monoisotopic (exact) mass is 195 g/mol. The van der Waals surface area contributed by atoms with Crippen LogP contribution in [-0.2, 0) is 5.54 Å². The van der Waals surface area contributed by atoms with Crippen molar-refractivity contribution in [3.8, 4) is 0 Å². The molecule has 0 saturated carbocycles. The van der Waals surface area contributed by atoms with Crippen LogP contribution in [0.15, 0.2) is 12.1 Å². The molecule has 0 bridgehead atoms. The molecule has 5 heteroatoms. The number of rotatable bonds is 2. The predicted octanol–water partition coefficient (Wildman–Crippen LogP) is 1.49. The van der Waals surface area contributed by atoms with Gasteiger partial charge in [0.1, 0.15) is 5.69 Å². The van der Waals surface area contributed by atoms with Gasteiger partial charge in [-0.3, -0.25) is 10.1 Å². The molecule has 1 aromatic heterocycles. The van der Waals surface area contributed by atoms with E-state index in [2.05, 4.69) is 4.98 Å². The molecule has 0 unspecified atom stereocenters. The highest BCUT2D eigenvalue weighted by Crippen LogP contribution is 2.25. The van der Waals surface area contributed by atoms with Crippen LogP contribution in [0, 0.1) is 17.0 Å². The Morgan fingerprint density at radius 2 is 2.07 bits per heavy atom. The van der Waals surface area contributed by atoms with E-state index in [1.54, 1.807) is 26.8 Å². The quantitative estimate of drug-likeness (QED) is 0.572. The van der Waals surface area contributed by atoms with Gasteiger partial charge in [0.05, 0.1) is 10.5 Å². The van der Waals surface area contributed by atoms with Gasteiger partial charge >= 0.3 is 0 Å². The van der Waals surface area contributed by atoms with E-state index in [0.29, 0.717) is 5.69 Å². The number of aryl methyl sites for hydroxylation is 1. The van der Waals surface area contributed by atoms with E-state index >= 15 is 0 Å². The molecule has 0 radical (unpaired) electrons. The Bertz CT molecular complexity index is 369. The van der Waals surface area contributed by atoms with Crippen molar-refractivity contribution in [3.63, 3.8) is 0 Å². The molecule has 0 spiro atoms. The summed E-state index contributed by atoms with van der Waals surface area (Å²) in [5.41, 5.74) is 6.02. The third-order valence-electron chi connectivity index (χ3n) is 1.82. The molecule has 0 aromatic carbocycles. The number of nitro groups is 1. The van der Waals surface area contributed by atoms with Gasteiger partial charge in [-0.2, -0.15) is 0 Å². The van der Waals surface area contributed by atoms with Crippen LogP contribution in [0.25, 0.3) is 0 Å². The van der Waals surface area contributed by atoms with Crippen molar-refractivity contribution in [1.29, 1.82) is 0 Å². The van der Waals surface area contributed by atoms with Gasteiger partial charge in [0.25, 0.3) is 5.69 Å². The zero-order valence-corrected chi connectivity index (χ0v) is 8.44. The summed E-state index contributed by atoms with van der Waals surface area (Å²) in [7, 11) is 0. The molecule has 1 heterocycles. The molecule has 0 atom stereocenters. The van der Waals surface area contributed by atoms with Gasteiger partial charge in [-0.1, -0.05) is 0 Å². The third-order valence-corrected chi connectivity index (χ3v) is 1.82. The maximum atomic E-state index is 10.7. The number of pyridine rings is 1. The van der Waals surface area contributed by atoms with E-state index in [9.17, 15) is 10.1 Å². The lowest BCUT2D eigenvalue weighted by Crippen LogP contribution is -2.31. The highest BCUT2D eigenvalue weighted by Gasteiger charge is 2.26. The van der Waals surface area contributed by atoms with Gasteiger partial charge in [-0.15, -0.1) is 0 Å². The van der Waals surface area contributed by atoms with Crippen molar-refractivity contribution in [2.45, 2.75) is 26.3 Å². The topological polar surface area (TPSA) is 82.0 Å². The van der Waals surface area contributed by atoms with Crippen molar-refractivity contribution >= 4 is 5.69 Å². The lowest BCUT2D eigenvalue weighted by atomic mass is 9.99. The van der Waals surface area contributed by atoms with Gasteiger partial charge in [-0.05, 0) is 26.8 Å². The van der Waals surface area contributed by atoms with Crippen LogP contribution in [0.1, 0.15) is 25.2 Å². The molecule has 0 saturated heterocycles. The molecule has 0 aliphatic rings. The summed E-state index contributed by atoms with van der Waals surface area (Å²) in [6.45, 7) is 5.17. The molecule has 5 nitrogen and oxygen atoms in total. The largest absolute Gasteiger partial charge is 0.320 e. The van der Waals surface area contributed by atoms with Crippen LogP contribution >= 0.6 is 0 Å². The normalized spacial score (nSPS) is 11.4. The molecule has 0 fully saturated rings. The Morgan fingerprint density at radius 3 is 2.50 bits per heavy atom. The second-order valence-electron chi connectivity index (χ2n) is 3.80. The van der Waals surface area contributed by atoms with Gasteiger partial charge in [0, 0.05) is 11.8 Å². The van der Waals surface area contributed by atoms with Crippen LogP contribution in [0.5, 0.6) is 0 Å². The van der Waals surface area contributed by atoms with Crippen LogP contribution in [0.2, 0.25) is 0 Å². The Balaban J connectivity index is 3.38. The van der Waals surface area contributed by atoms with Gasteiger partial charge in [0.2, 0.25) is 0 Å². The van der Waals surface area contributed by atoms with Crippen LogP contribution < -0.4 is 5.73 Å². The van der Waals surface area contributed by atoms with Gasteiger partial charge < -0.3 is 5.73 Å². The zero-order valence-electron chi connectivity index (χ0n) is 8.44. The smallest absolute Gasteiger partial charge is 0.292 e. The second kappa shape index (κ2) is 3.34. The molecular weight excluding hydrogens is 182 g/mol. The van der Waals surface area contributed by atoms with Crippen molar-refractivity contribution in [2.75, 3.05) is 0 Å². The second-order valence-corrected chi connectivity index (χ2v) is 3.80. The molecule has 14 heavy (non-hydrogen) atoms. The standard InChI is InChI=1S/C9H13N3O2/c1-6-4-5-7(12(13)14)8(11-6)9(2,3)10/h4-5H,10H2,1-3H3. The van der Waals surface area contributed by atoms with E-state index in [0.717, 1.165) is 5.69 Å². The van der Waals surface area contributed by atoms with Crippen molar-refractivity contribution in [1.82, 2.24) is 4.98 Å². The van der Waals surface area contributed by atoms with E-state index in [1.807, 2.05) is 0 Å². The Kier molecular flexibility index (Phi) is 2.53. The van der Waals surface area contributed by atoms with Gasteiger partial charge in [-0.25, -0.2) is 4.98 Å². The van der Waals surface area contributed by atoms with Crippen molar-refractivity contribution < 1.29 is 4.92 Å². The average Bonchev–Trinajstić information content (AvgIpc) is 2.01. The molecular formula is C9H13N3O2. The fraction of sp³-hybridized carbons (Fsp3) is 0.444. The van der Waals surface area contributed by atoms with Gasteiger partial charge in [0.15, 0.2) is 0 Å². The minimum Gasteiger partial charge on any atom is -0.320 e. The van der Waals surface area contributed by atoms with E-state index in [-0.39, 0.29) is 5.69 Å².